The highest BCUT2D eigenvalue weighted by molar-refractivity contribution is 6.29. The lowest BCUT2D eigenvalue weighted by molar-refractivity contribution is 0.128. The van der Waals surface area contributed by atoms with Crippen molar-refractivity contribution in [2.45, 2.75) is 39.8 Å². The van der Waals surface area contributed by atoms with E-state index >= 15 is 0 Å². The molecule has 0 aliphatic rings. The zero-order chi connectivity index (χ0) is 15.0. The maximum Gasteiger partial charge on any atom is 0.158 e. The average Bonchev–Trinajstić information content (AvgIpc) is 2.43. The van der Waals surface area contributed by atoms with Gasteiger partial charge in [0.05, 0.1) is 0 Å². The SMILES string of the molecule is CCOCc1nc(Cl)cc(NCCN(C)C(C)CC)n1. The molecule has 6 heteroatoms. The van der Waals surface area contributed by atoms with Crippen LogP contribution in [0.4, 0.5) is 5.82 Å². The van der Waals surface area contributed by atoms with Crippen LogP contribution in [0.2, 0.25) is 5.15 Å². The Kier molecular flexibility index (Phi) is 7.80. The molecule has 1 aromatic rings. The number of anilines is 1. The van der Waals surface area contributed by atoms with E-state index in [0.29, 0.717) is 30.2 Å². The summed E-state index contributed by atoms with van der Waals surface area (Å²) in [5.74, 6) is 1.36. The summed E-state index contributed by atoms with van der Waals surface area (Å²) in [5, 5.41) is 3.72. The lowest BCUT2D eigenvalue weighted by Gasteiger charge is -2.23. The number of likely N-dealkylation sites (N-methyl/N-ethyl adjacent to an activating group) is 1. The second-order valence-electron chi connectivity index (χ2n) is 4.79. The predicted octanol–water partition coefficient (Wildman–Crippen LogP) is 2.81. The van der Waals surface area contributed by atoms with Crippen molar-refractivity contribution in [2.75, 3.05) is 32.1 Å². The van der Waals surface area contributed by atoms with Gasteiger partial charge in [0.25, 0.3) is 0 Å². The summed E-state index contributed by atoms with van der Waals surface area (Å²) in [7, 11) is 2.13. The number of nitrogens with one attached hydrogen (secondary N) is 1. The number of rotatable bonds is 9. The van der Waals surface area contributed by atoms with Gasteiger partial charge in [0, 0.05) is 31.8 Å². The normalized spacial score (nSPS) is 12.7. The molecule has 1 rings (SSSR count). The number of ether oxygens (including phenoxy) is 1. The summed E-state index contributed by atoms with van der Waals surface area (Å²) in [6.07, 6.45) is 1.15. The van der Waals surface area contributed by atoms with E-state index in [1.807, 2.05) is 6.92 Å². The number of halogens is 1. The van der Waals surface area contributed by atoms with E-state index < -0.39 is 0 Å². The van der Waals surface area contributed by atoms with Gasteiger partial charge in [-0.2, -0.15) is 0 Å². The molecule has 1 unspecified atom stereocenters. The molecule has 0 spiro atoms. The van der Waals surface area contributed by atoms with E-state index in [-0.39, 0.29) is 0 Å². The summed E-state index contributed by atoms with van der Waals surface area (Å²) >= 11 is 5.99. The van der Waals surface area contributed by atoms with E-state index in [1.165, 1.54) is 0 Å². The molecule has 0 saturated carbocycles. The minimum absolute atomic E-state index is 0.387. The standard InChI is InChI=1S/C14H25ClN4O/c1-5-11(3)19(4)8-7-16-13-9-12(15)17-14(18-13)10-20-6-2/h9,11H,5-8,10H2,1-4H3,(H,16,17,18). The maximum atomic E-state index is 5.99. The van der Waals surface area contributed by atoms with Crippen molar-refractivity contribution in [2.24, 2.45) is 0 Å². The van der Waals surface area contributed by atoms with E-state index in [1.54, 1.807) is 6.07 Å². The molecular formula is C14H25ClN4O. The van der Waals surface area contributed by atoms with Gasteiger partial charge in [-0.15, -0.1) is 0 Å². The molecule has 0 aromatic carbocycles. The fourth-order valence-electron chi connectivity index (χ4n) is 1.71. The van der Waals surface area contributed by atoms with Crippen LogP contribution in [0.15, 0.2) is 6.07 Å². The highest BCUT2D eigenvalue weighted by Gasteiger charge is 2.07. The highest BCUT2D eigenvalue weighted by atomic mass is 35.5. The van der Waals surface area contributed by atoms with Crippen molar-refractivity contribution in [3.63, 3.8) is 0 Å². The van der Waals surface area contributed by atoms with E-state index in [0.717, 1.165) is 25.3 Å². The van der Waals surface area contributed by atoms with Crippen LogP contribution in [0, 0.1) is 0 Å². The van der Waals surface area contributed by atoms with Crippen LogP contribution < -0.4 is 5.32 Å². The van der Waals surface area contributed by atoms with Gasteiger partial charge in [-0.1, -0.05) is 18.5 Å². The fourth-order valence-corrected chi connectivity index (χ4v) is 1.91. The molecule has 5 nitrogen and oxygen atoms in total. The smallest absolute Gasteiger partial charge is 0.158 e. The molecule has 0 aliphatic heterocycles. The van der Waals surface area contributed by atoms with Gasteiger partial charge < -0.3 is 15.0 Å². The molecule has 0 aliphatic carbocycles. The Morgan fingerprint density at radius 2 is 2.15 bits per heavy atom. The van der Waals surface area contributed by atoms with Crippen molar-refractivity contribution in [1.82, 2.24) is 14.9 Å². The zero-order valence-corrected chi connectivity index (χ0v) is 13.6. The van der Waals surface area contributed by atoms with Gasteiger partial charge in [-0.05, 0) is 27.3 Å². The molecule has 1 atom stereocenters. The van der Waals surface area contributed by atoms with Crippen LogP contribution in [0.1, 0.15) is 33.0 Å². The van der Waals surface area contributed by atoms with Gasteiger partial charge in [-0.25, -0.2) is 9.97 Å². The Hall–Kier alpha value is -0.910. The summed E-state index contributed by atoms with van der Waals surface area (Å²) < 4.78 is 5.30. The van der Waals surface area contributed by atoms with Crippen LogP contribution in [0.5, 0.6) is 0 Å². The minimum Gasteiger partial charge on any atom is -0.374 e. The maximum absolute atomic E-state index is 5.99. The molecule has 0 radical (unpaired) electrons. The third-order valence-electron chi connectivity index (χ3n) is 3.29. The topological polar surface area (TPSA) is 50.3 Å². The molecule has 0 bridgehead atoms. The number of nitrogens with zero attached hydrogens (tertiary/aromatic N) is 3. The van der Waals surface area contributed by atoms with Crippen molar-refractivity contribution in [3.8, 4) is 0 Å². The van der Waals surface area contributed by atoms with Gasteiger partial charge in [0.2, 0.25) is 0 Å². The Morgan fingerprint density at radius 1 is 1.40 bits per heavy atom. The summed E-state index contributed by atoms with van der Waals surface area (Å²) in [5.41, 5.74) is 0. The predicted molar refractivity (Wildman–Crippen MR) is 83.2 cm³/mol. The highest BCUT2D eigenvalue weighted by Crippen LogP contribution is 2.12. The molecule has 1 N–H and O–H groups in total. The van der Waals surface area contributed by atoms with Gasteiger partial charge >= 0.3 is 0 Å². The molecule has 114 valence electrons. The first-order valence-electron chi connectivity index (χ1n) is 7.12. The molecule has 0 fully saturated rings. The van der Waals surface area contributed by atoms with Crippen molar-refractivity contribution in [1.29, 1.82) is 0 Å². The first-order valence-corrected chi connectivity index (χ1v) is 7.49. The van der Waals surface area contributed by atoms with Crippen molar-refractivity contribution in [3.05, 3.63) is 17.0 Å². The zero-order valence-electron chi connectivity index (χ0n) is 12.8. The monoisotopic (exact) mass is 300 g/mol. The number of hydrogen-bond acceptors (Lipinski definition) is 5. The first kappa shape index (κ1) is 17.1. The number of aromatic nitrogens is 2. The second kappa shape index (κ2) is 9.10. The summed E-state index contributed by atoms with van der Waals surface area (Å²) in [4.78, 5) is 10.8. The molecule has 1 aromatic heterocycles. The third kappa shape index (κ3) is 6.03. The molecule has 0 saturated heterocycles. The van der Waals surface area contributed by atoms with E-state index in [2.05, 4.69) is 41.1 Å². The summed E-state index contributed by atoms with van der Waals surface area (Å²) in [6.45, 7) is 9.16. The quantitative estimate of drug-likeness (QED) is 0.711. The van der Waals surface area contributed by atoms with Crippen molar-refractivity contribution < 1.29 is 4.74 Å². The molecule has 1 heterocycles. The van der Waals surface area contributed by atoms with Crippen LogP contribution in [-0.2, 0) is 11.3 Å². The van der Waals surface area contributed by atoms with E-state index in [4.69, 9.17) is 16.3 Å². The third-order valence-corrected chi connectivity index (χ3v) is 3.48. The Morgan fingerprint density at radius 3 is 2.80 bits per heavy atom. The Bertz CT molecular complexity index is 403. The van der Waals surface area contributed by atoms with Gasteiger partial charge in [0.1, 0.15) is 17.6 Å². The molecule has 0 amide bonds. The largest absolute Gasteiger partial charge is 0.374 e. The van der Waals surface area contributed by atoms with Gasteiger partial charge in [0.15, 0.2) is 5.82 Å². The fraction of sp³-hybridized carbons (Fsp3) is 0.714. The lowest BCUT2D eigenvalue weighted by atomic mass is 10.2. The number of hydrogen-bond donors (Lipinski definition) is 1. The van der Waals surface area contributed by atoms with Gasteiger partial charge in [-0.3, -0.25) is 0 Å². The molecular weight excluding hydrogens is 276 g/mol. The van der Waals surface area contributed by atoms with Crippen molar-refractivity contribution >= 4 is 17.4 Å². The lowest BCUT2D eigenvalue weighted by Crippen LogP contribution is -2.32. The molecule has 20 heavy (non-hydrogen) atoms. The first-order chi connectivity index (χ1) is 9.56. The Balaban J connectivity index is 2.48. The van der Waals surface area contributed by atoms with Crippen LogP contribution >= 0.6 is 11.6 Å². The van der Waals surface area contributed by atoms with Crippen LogP contribution in [-0.4, -0.2) is 47.7 Å². The summed E-state index contributed by atoms with van der Waals surface area (Å²) in [6, 6.07) is 2.32. The van der Waals surface area contributed by atoms with Crippen LogP contribution in [0.3, 0.4) is 0 Å². The second-order valence-corrected chi connectivity index (χ2v) is 5.18. The van der Waals surface area contributed by atoms with Crippen LogP contribution in [0.25, 0.3) is 0 Å². The van der Waals surface area contributed by atoms with E-state index in [9.17, 15) is 0 Å². The Labute approximate surface area is 126 Å². The minimum atomic E-state index is 0.387. The average molecular weight is 301 g/mol.